The smallest absolute Gasteiger partial charge is 0.312 e. The standard InChI is InChI=1S/C18H15S.C13H18F2O2/c1-4-10-16(11-5-1)19(17-12-6-2-7-13-17)18-14-8-3-9-15-18;14-11(15)7-17-12(16)13-4-8-1-9(5-13)3-10(2-8)6-13/h1-15H;8-11H,1-7H2/q+1;. The highest BCUT2D eigenvalue weighted by Gasteiger charge is 2.55. The topological polar surface area (TPSA) is 26.3 Å². The average Bonchev–Trinajstić information content (AvgIpc) is 2.89. The summed E-state index contributed by atoms with van der Waals surface area (Å²) in [7, 11) is -0.0146. The zero-order valence-electron chi connectivity index (χ0n) is 20.4. The van der Waals surface area contributed by atoms with Crippen LogP contribution in [0, 0.1) is 23.2 Å². The Morgan fingerprint density at radius 1 is 0.722 bits per heavy atom. The Labute approximate surface area is 215 Å². The van der Waals surface area contributed by atoms with E-state index >= 15 is 0 Å². The summed E-state index contributed by atoms with van der Waals surface area (Å²) in [5.41, 5.74) is -0.399. The predicted molar refractivity (Wildman–Crippen MR) is 139 cm³/mol. The van der Waals surface area contributed by atoms with Crippen LogP contribution < -0.4 is 0 Å². The molecule has 0 saturated heterocycles. The summed E-state index contributed by atoms with van der Waals surface area (Å²) in [6.07, 6.45) is 3.79. The van der Waals surface area contributed by atoms with Gasteiger partial charge in [0.05, 0.1) is 16.3 Å². The third kappa shape index (κ3) is 5.67. The van der Waals surface area contributed by atoms with Crippen molar-refractivity contribution in [3.05, 3.63) is 91.0 Å². The molecule has 3 aromatic carbocycles. The lowest BCUT2D eigenvalue weighted by Crippen LogP contribution is -2.50. The summed E-state index contributed by atoms with van der Waals surface area (Å²) in [5.74, 6) is 1.57. The summed E-state index contributed by atoms with van der Waals surface area (Å²) in [5, 5.41) is 0. The van der Waals surface area contributed by atoms with E-state index in [-0.39, 0.29) is 16.9 Å². The largest absolute Gasteiger partial charge is 0.459 e. The second kappa shape index (κ2) is 11.2. The highest BCUT2D eigenvalue weighted by atomic mass is 32.2. The van der Waals surface area contributed by atoms with Gasteiger partial charge in [-0.3, -0.25) is 4.79 Å². The van der Waals surface area contributed by atoms with Crippen LogP contribution >= 0.6 is 0 Å². The Morgan fingerprint density at radius 2 is 1.08 bits per heavy atom. The van der Waals surface area contributed by atoms with E-state index in [1.165, 1.54) is 33.9 Å². The molecule has 36 heavy (non-hydrogen) atoms. The fourth-order valence-electron chi connectivity index (χ4n) is 6.73. The van der Waals surface area contributed by atoms with E-state index < -0.39 is 18.4 Å². The van der Waals surface area contributed by atoms with E-state index in [0.29, 0.717) is 17.8 Å². The number of alkyl halides is 2. The van der Waals surface area contributed by atoms with E-state index in [4.69, 9.17) is 4.74 Å². The second-order valence-corrected chi connectivity index (χ2v) is 12.5. The number of rotatable bonds is 6. The molecule has 5 heteroatoms. The molecule has 7 rings (SSSR count). The molecule has 3 aromatic rings. The zero-order chi connectivity index (χ0) is 25.0. The molecule has 0 amide bonds. The average molecular weight is 508 g/mol. The molecular weight excluding hydrogens is 474 g/mol. The molecular formula is C31H33F2O2S+. The van der Waals surface area contributed by atoms with Crippen LogP contribution in [0.3, 0.4) is 0 Å². The highest BCUT2D eigenvalue weighted by molar-refractivity contribution is 7.97. The summed E-state index contributed by atoms with van der Waals surface area (Å²) in [6.45, 7) is -0.736. The van der Waals surface area contributed by atoms with Crippen LogP contribution in [0.15, 0.2) is 106 Å². The molecule has 4 saturated carbocycles. The van der Waals surface area contributed by atoms with Crippen molar-refractivity contribution in [2.75, 3.05) is 6.61 Å². The number of carbonyl (C=O) groups is 1. The number of benzene rings is 3. The minimum absolute atomic E-state index is 0.0146. The molecule has 4 aliphatic rings. The lowest BCUT2D eigenvalue weighted by molar-refractivity contribution is -0.175. The maximum atomic E-state index is 12.1. The number of halogens is 2. The van der Waals surface area contributed by atoms with Gasteiger partial charge in [-0.1, -0.05) is 54.6 Å². The van der Waals surface area contributed by atoms with E-state index in [1.54, 1.807) is 0 Å². The van der Waals surface area contributed by atoms with Gasteiger partial charge >= 0.3 is 5.97 Å². The number of hydrogen-bond donors (Lipinski definition) is 0. The quantitative estimate of drug-likeness (QED) is 0.251. The zero-order valence-corrected chi connectivity index (χ0v) is 21.2. The van der Waals surface area contributed by atoms with Gasteiger partial charge in [-0.15, -0.1) is 0 Å². The first-order chi connectivity index (χ1) is 17.5. The van der Waals surface area contributed by atoms with Crippen molar-refractivity contribution in [1.82, 2.24) is 0 Å². The lowest BCUT2D eigenvalue weighted by Gasteiger charge is -2.55. The Morgan fingerprint density at radius 3 is 1.42 bits per heavy atom. The third-order valence-corrected chi connectivity index (χ3v) is 9.98. The first kappa shape index (κ1) is 25.0. The maximum absolute atomic E-state index is 12.1. The molecule has 0 heterocycles. The third-order valence-electron chi connectivity index (χ3n) is 7.75. The summed E-state index contributed by atoms with van der Waals surface area (Å²) < 4.78 is 29.0. The van der Waals surface area contributed by atoms with Crippen molar-refractivity contribution >= 4 is 16.9 Å². The molecule has 4 bridgehead atoms. The van der Waals surface area contributed by atoms with Crippen molar-refractivity contribution in [1.29, 1.82) is 0 Å². The van der Waals surface area contributed by atoms with Gasteiger partial charge in [-0.05, 0) is 92.7 Å². The lowest BCUT2D eigenvalue weighted by atomic mass is 9.49. The Kier molecular flexibility index (Phi) is 7.76. The van der Waals surface area contributed by atoms with Gasteiger partial charge in [0, 0.05) is 0 Å². The molecule has 0 radical (unpaired) electrons. The molecule has 4 fully saturated rings. The van der Waals surface area contributed by atoms with Crippen LogP contribution in [0.2, 0.25) is 0 Å². The van der Waals surface area contributed by atoms with Crippen molar-refractivity contribution in [2.24, 2.45) is 23.2 Å². The van der Waals surface area contributed by atoms with Gasteiger partial charge in [-0.25, -0.2) is 8.78 Å². The molecule has 0 aliphatic heterocycles. The fraction of sp³-hybridized carbons (Fsp3) is 0.387. The minimum atomic E-state index is -2.55. The number of esters is 1. The van der Waals surface area contributed by atoms with Gasteiger partial charge < -0.3 is 4.74 Å². The second-order valence-electron chi connectivity index (χ2n) is 10.4. The molecule has 188 valence electrons. The summed E-state index contributed by atoms with van der Waals surface area (Å²) in [4.78, 5) is 16.1. The minimum Gasteiger partial charge on any atom is -0.459 e. The van der Waals surface area contributed by atoms with Crippen LogP contribution in [-0.2, 0) is 20.4 Å². The summed E-state index contributed by atoms with van der Waals surface area (Å²) >= 11 is 0. The molecule has 0 N–H and O–H groups in total. The molecule has 0 unspecified atom stereocenters. The van der Waals surface area contributed by atoms with Crippen LogP contribution in [-0.4, -0.2) is 19.0 Å². The molecule has 0 atom stereocenters. The first-order valence-electron chi connectivity index (χ1n) is 12.9. The van der Waals surface area contributed by atoms with Crippen molar-refractivity contribution in [2.45, 2.75) is 59.6 Å². The number of ether oxygens (including phenoxy) is 1. The molecule has 0 aromatic heterocycles. The van der Waals surface area contributed by atoms with E-state index in [1.807, 2.05) is 0 Å². The molecule has 0 spiro atoms. The van der Waals surface area contributed by atoms with E-state index in [0.717, 1.165) is 19.3 Å². The van der Waals surface area contributed by atoms with E-state index in [2.05, 4.69) is 91.0 Å². The van der Waals surface area contributed by atoms with Crippen LogP contribution in [0.25, 0.3) is 0 Å². The Hall–Kier alpha value is -2.66. The van der Waals surface area contributed by atoms with Crippen LogP contribution in [0.5, 0.6) is 0 Å². The van der Waals surface area contributed by atoms with Gasteiger partial charge in [0.25, 0.3) is 6.43 Å². The van der Waals surface area contributed by atoms with Gasteiger partial charge in [0.2, 0.25) is 0 Å². The van der Waals surface area contributed by atoms with E-state index in [9.17, 15) is 13.6 Å². The van der Waals surface area contributed by atoms with Crippen LogP contribution in [0.4, 0.5) is 8.78 Å². The van der Waals surface area contributed by atoms with Gasteiger partial charge in [-0.2, -0.15) is 0 Å². The van der Waals surface area contributed by atoms with Crippen molar-refractivity contribution in [3.63, 3.8) is 0 Å². The Bertz CT molecular complexity index is 992. The Balaban J connectivity index is 0.000000149. The van der Waals surface area contributed by atoms with Crippen molar-refractivity contribution < 1.29 is 18.3 Å². The predicted octanol–water partition coefficient (Wildman–Crippen LogP) is 7.79. The molecule has 4 aliphatic carbocycles. The number of hydrogen-bond acceptors (Lipinski definition) is 2. The fourth-order valence-corrected chi connectivity index (χ4v) is 8.83. The first-order valence-corrected chi connectivity index (χ1v) is 14.1. The molecule has 2 nitrogen and oxygen atoms in total. The van der Waals surface area contributed by atoms with Gasteiger partial charge in [0.15, 0.2) is 21.3 Å². The summed E-state index contributed by atoms with van der Waals surface area (Å²) in [6, 6.07) is 32.2. The normalized spacial score (nSPS) is 25.9. The van der Waals surface area contributed by atoms with Crippen LogP contribution in [0.1, 0.15) is 38.5 Å². The monoisotopic (exact) mass is 507 g/mol. The SMILES string of the molecule is O=C(OCC(F)F)C12CC3CC(CC(C3)C1)C2.c1ccc([S+](c2ccccc2)c2ccccc2)cc1. The number of carbonyl (C=O) groups excluding carboxylic acids is 1. The highest BCUT2D eigenvalue weighted by Crippen LogP contribution is 2.60. The maximum Gasteiger partial charge on any atom is 0.312 e. The van der Waals surface area contributed by atoms with Crippen molar-refractivity contribution in [3.8, 4) is 0 Å². The van der Waals surface area contributed by atoms with Gasteiger partial charge in [0.1, 0.15) is 0 Å².